The summed E-state index contributed by atoms with van der Waals surface area (Å²) in [4.78, 5) is 11.5. The second-order valence-corrected chi connectivity index (χ2v) is 6.23. The predicted octanol–water partition coefficient (Wildman–Crippen LogP) is 2.59. The third kappa shape index (κ3) is 3.99. The van der Waals surface area contributed by atoms with E-state index in [4.69, 9.17) is 11.6 Å². The van der Waals surface area contributed by atoms with Gasteiger partial charge in [-0.05, 0) is 18.2 Å². The minimum Gasteiger partial charge on any atom is -0.293 e. The fourth-order valence-corrected chi connectivity index (χ4v) is 2.15. The van der Waals surface area contributed by atoms with E-state index in [1.807, 2.05) is 0 Å². The molecule has 0 aliphatic carbocycles. The Balaban J connectivity index is 3.11. The lowest BCUT2D eigenvalue weighted by molar-refractivity contribution is -0.137. The van der Waals surface area contributed by atoms with Crippen molar-refractivity contribution in [3.8, 4) is 0 Å². The van der Waals surface area contributed by atoms with E-state index in [0.717, 1.165) is 12.3 Å². The van der Waals surface area contributed by atoms with E-state index in [9.17, 15) is 26.4 Å². The van der Waals surface area contributed by atoms with Crippen LogP contribution in [0.15, 0.2) is 18.2 Å². The fraction of sp³-hybridized carbons (Fsp3) is 0.300. The highest BCUT2D eigenvalue weighted by molar-refractivity contribution is 7.91. The van der Waals surface area contributed by atoms with Gasteiger partial charge in [0.1, 0.15) is 5.75 Å². The maximum absolute atomic E-state index is 12.3. The van der Waals surface area contributed by atoms with Gasteiger partial charge in [-0.2, -0.15) is 13.2 Å². The lowest BCUT2D eigenvalue weighted by atomic mass is 10.1. The zero-order valence-electron chi connectivity index (χ0n) is 9.08. The Hall–Kier alpha value is -1.08. The third-order valence-electron chi connectivity index (χ3n) is 1.99. The monoisotopic (exact) mass is 300 g/mol. The van der Waals surface area contributed by atoms with Gasteiger partial charge in [-0.15, -0.1) is 0 Å². The van der Waals surface area contributed by atoms with Gasteiger partial charge in [0.15, 0.2) is 15.6 Å². The van der Waals surface area contributed by atoms with Crippen molar-refractivity contribution in [1.29, 1.82) is 0 Å². The molecular formula is C10H8ClF3O3S. The molecule has 0 spiro atoms. The molecule has 3 nitrogen and oxygen atoms in total. The highest BCUT2D eigenvalue weighted by Gasteiger charge is 2.31. The fourth-order valence-electron chi connectivity index (χ4n) is 1.23. The van der Waals surface area contributed by atoms with Gasteiger partial charge < -0.3 is 0 Å². The van der Waals surface area contributed by atoms with Crippen molar-refractivity contribution in [2.75, 3.05) is 12.0 Å². The van der Waals surface area contributed by atoms with E-state index in [1.54, 1.807) is 0 Å². The van der Waals surface area contributed by atoms with Gasteiger partial charge in [0.25, 0.3) is 0 Å². The molecule has 0 saturated carbocycles. The van der Waals surface area contributed by atoms with Gasteiger partial charge in [-0.3, -0.25) is 4.79 Å². The van der Waals surface area contributed by atoms with E-state index >= 15 is 0 Å². The zero-order chi connectivity index (χ0) is 14.1. The molecule has 0 heterocycles. The van der Waals surface area contributed by atoms with Crippen molar-refractivity contribution in [3.63, 3.8) is 0 Å². The van der Waals surface area contributed by atoms with E-state index in [-0.39, 0.29) is 5.56 Å². The number of halogens is 4. The summed E-state index contributed by atoms with van der Waals surface area (Å²) in [6.07, 6.45) is -3.72. The summed E-state index contributed by atoms with van der Waals surface area (Å²) in [7, 11) is -3.56. The minimum atomic E-state index is -4.57. The third-order valence-corrected chi connectivity index (χ3v) is 3.09. The Bertz CT molecular complexity index is 579. The molecule has 0 unspecified atom stereocenters. The molecule has 8 heteroatoms. The Labute approximate surface area is 106 Å². The minimum absolute atomic E-state index is 0.241. The zero-order valence-corrected chi connectivity index (χ0v) is 10.7. The molecule has 0 aromatic heterocycles. The topological polar surface area (TPSA) is 51.2 Å². The summed E-state index contributed by atoms with van der Waals surface area (Å²) in [6.45, 7) is 0. The molecule has 0 saturated heterocycles. The highest BCUT2D eigenvalue weighted by Crippen LogP contribution is 2.32. The van der Waals surface area contributed by atoms with Crippen LogP contribution >= 0.6 is 11.6 Å². The molecular weight excluding hydrogens is 293 g/mol. The van der Waals surface area contributed by atoms with Crippen LogP contribution < -0.4 is 0 Å². The molecule has 1 aromatic rings. The van der Waals surface area contributed by atoms with E-state index < -0.39 is 38.1 Å². The van der Waals surface area contributed by atoms with Crippen molar-refractivity contribution in [1.82, 2.24) is 0 Å². The normalized spacial score (nSPS) is 12.5. The highest BCUT2D eigenvalue weighted by atomic mass is 35.5. The first-order chi connectivity index (χ1) is 8.00. The van der Waals surface area contributed by atoms with Gasteiger partial charge in [0.2, 0.25) is 0 Å². The molecule has 0 bridgehead atoms. The van der Waals surface area contributed by atoms with Crippen LogP contribution in [0.5, 0.6) is 0 Å². The van der Waals surface area contributed by atoms with Crippen LogP contribution in [0, 0.1) is 0 Å². The summed E-state index contributed by atoms with van der Waals surface area (Å²) in [5.74, 6) is -1.63. The average Bonchev–Trinajstić information content (AvgIpc) is 2.12. The Morgan fingerprint density at radius 1 is 1.33 bits per heavy atom. The molecule has 0 atom stereocenters. The number of alkyl halides is 3. The molecule has 0 aliphatic rings. The molecule has 100 valence electrons. The van der Waals surface area contributed by atoms with Crippen molar-refractivity contribution >= 4 is 27.2 Å². The maximum Gasteiger partial charge on any atom is 0.416 e. The lowest BCUT2D eigenvalue weighted by Gasteiger charge is -2.09. The molecule has 1 rings (SSSR count). The van der Waals surface area contributed by atoms with Crippen LogP contribution in [0.1, 0.15) is 15.9 Å². The SMILES string of the molecule is CS(=O)(=O)CC(=O)c1ccc(C(F)(F)F)cc1Cl. The Kier molecular flexibility index (Phi) is 4.07. The summed E-state index contributed by atoms with van der Waals surface area (Å²) in [5, 5.41) is -0.418. The predicted molar refractivity (Wildman–Crippen MR) is 60.5 cm³/mol. The molecule has 0 fully saturated rings. The van der Waals surface area contributed by atoms with Gasteiger partial charge in [-0.1, -0.05) is 11.6 Å². The van der Waals surface area contributed by atoms with Crippen LogP contribution in [-0.4, -0.2) is 26.2 Å². The quantitative estimate of drug-likeness (QED) is 0.806. The number of ketones is 1. The van der Waals surface area contributed by atoms with Crippen LogP contribution in [-0.2, 0) is 16.0 Å². The van der Waals surface area contributed by atoms with Gasteiger partial charge in [-0.25, -0.2) is 8.42 Å². The maximum atomic E-state index is 12.3. The number of hydrogen-bond donors (Lipinski definition) is 0. The van der Waals surface area contributed by atoms with Crippen LogP contribution in [0.3, 0.4) is 0 Å². The van der Waals surface area contributed by atoms with Gasteiger partial charge in [0.05, 0.1) is 10.6 Å². The van der Waals surface area contributed by atoms with Crippen LogP contribution in [0.25, 0.3) is 0 Å². The van der Waals surface area contributed by atoms with Gasteiger partial charge >= 0.3 is 6.18 Å². The van der Waals surface area contributed by atoms with Crippen molar-refractivity contribution < 1.29 is 26.4 Å². The van der Waals surface area contributed by atoms with Crippen LogP contribution in [0.2, 0.25) is 5.02 Å². The molecule has 18 heavy (non-hydrogen) atoms. The van der Waals surface area contributed by atoms with Crippen molar-refractivity contribution in [3.05, 3.63) is 34.3 Å². The van der Waals surface area contributed by atoms with E-state index in [2.05, 4.69) is 0 Å². The molecule has 0 radical (unpaired) electrons. The van der Waals surface area contributed by atoms with E-state index in [0.29, 0.717) is 12.1 Å². The second-order valence-electron chi connectivity index (χ2n) is 3.69. The molecule has 0 amide bonds. The van der Waals surface area contributed by atoms with Crippen LogP contribution in [0.4, 0.5) is 13.2 Å². The number of benzene rings is 1. The van der Waals surface area contributed by atoms with Gasteiger partial charge in [0, 0.05) is 11.8 Å². The summed E-state index contributed by atoms with van der Waals surface area (Å²) < 4.78 is 58.8. The number of carbonyl (C=O) groups is 1. The number of rotatable bonds is 3. The first kappa shape index (κ1) is 15.0. The lowest BCUT2D eigenvalue weighted by Crippen LogP contribution is -2.15. The van der Waals surface area contributed by atoms with Crippen molar-refractivity contribution in [2.24, 2.45) is 0 Å². The number of Topliss-reactive ketones (excluding diaryl/α,β-unsaturated/α-hetero) is 1. The van der Waals surface area contributed by atoms with Crippen molar-refractivity contribution in [2.45, 2.75) is 6.18 Å². The summed E-state index contributed by atoms with van der Waals surface area (Å²) >= 11 is 5.54. The standard InChI is InChI=1S/C10H8ClF3O3S/c1-18(16,17)5-9(15)7-3-2-6(4-8(7)11)10(12,13)14/h2-4H,5H2,1H3. The smallest absolute Gasteiger partial charge is 0.293 e. The van der Waals surface area contributed by atoms with E-state index in [1.165, 1.54) is 0 Å². The molecule has 0 aliphatic heterocycles. The average molecular weight is 301 g/mol. The first-order valence-electron chi connectivity index (χ1n) is 4.58. The number of hydrogen-bond acceptors (Lipinski definition) is 3. The first-order valence-corrected chi connectivity index (χ1v) is 7.02. The number of sulfone groups is 1. The summed E-state index contributed by atoms with van der Waals surface area (Å²) in [6, 6.07) is 2.15. The molecule has 0 N–H and O–H groups in total. The second kappa shape index (κ2) is 4.89. The number of carbonyl (C=O) groups excluding carboxylic acids is 1. The Morgan fingerprint density at radius 2 is 1.89 bits per heavy atom. The largest absolute Gasteiger partial charge is 0.416 e. The summed E-state index contributed by atoms with van der Waals surface area (Å²) in [5.41, 5.74) is -1.24. The Morgan fingerprint density at radius 3 is 2.28 bits per heavy atom. The molecule has 1 aromatic carbocycles.